The lowest BCUT2D eigenvalue weighted by atomic mass is 10.2. The van der Waals surface area contributed by atoms with Crippen LogP contribution in [0.15, 0.2) is 53.7 Å². The molecular weight excluding hydrogens is 372 g/mol. The summed E-state index contributed by atoms with van der Waals surface area (Å²) in [6.07, 6.45) is 1.30. The number of fused-ring (bicyclic) bond motifs is 1. The van der Waals surface area contributed by atoms with E-state index in [2.05, 4.69) is 10.3 Å². The van der Waals surface area contributed by atoms with Crippen LogP contribution in [0.1, 0.15) is 23.1 Å². The quantitative estimate of drug-likeness (QED) is 0.650. The molecule has 9 nitrogen and oxygen atoms in total. The molecule has 0 saturated carbocycles. The Hall–Kier alpha value is -3.27. The standard InChI is InChI=1S/C17H16N4O5S/c1-2-18-17(22)16-14(11-27(25,26)15-9-5-6-10-19-15)20(23)12-7-3-4-8-13(12)21(16)24/h3-10H,2,11H2,1H3,(H,18,22). The van der Waals surface area contributed by atoms with Gasteiger partial charge in [-0.05, 0) is 25.1 Å². The van der Waals surface area contributed by atoms with Crippen LogP contribution >= 0.6 is 0 Å². The number of hydrogen-bond donors (Lipinski definition) is 1. The van der Waals surface area contributed by atoms with Gasteiger partial charge in [-0.15, -0.1) is 0 Å². The van der Waals surface area contributed by atoms with E-state index in [4.69, 9.17) is 0 Å². The Morgan fingerprint density at radius 1 is 1.22 bits per heavy atom. The predicted octanol–water partition coefficient (Wildman–Crippen LogP) is 1.02. The summed E-state index contributed by atoms with van der Waals surface area (Å²) in [4.78, 5) is 28.9. The van der Waals surface area contributed by atoms with E-state index in [1.807, 2.05) is 0 Å². The van der Waals surface area contributed by atoms with Crippen molar-refractivity contribution in [2.45, 2.75) is 17.7 Å². The lowest BCUT2D eigenvalue weighted by Crippen LogP contribution is -2.38. The van der Waals surface area contributed by atoms with Gasteiger partial charge in [0, 0.05) is 23.7 Å². The second-order valence-electron chi connectivity index (χ2n) is 5.66. The third-order valence-electron chi connectivity index (χ3n) is 3.88. The lowest BCUT2D eigenvalue weighted by Gasteiger charge is -2.18. The highest BCUT2D eigenvalue weighted by molar-refractivity contribution is 7.90. The Morgan fingerprint density at radius 2 is 1.93 bits per heavy atom. The molecule has 3 aromatic rings. The molecule has 140 valence electrons. The summed E-state index contributed by atoms with van der Waals surface area (Å²) in [5.74, 6) is -1.67. The summed E-state index contributed by atoms with van der Waals surface area (Å²) in [6, 6.07) is 10.2. The number of carbonyl (C=O) groups is 1. The first-order chi connectivity index (χ1) is 12.9. The zero-order valence-electron chi connectivity index (χ0n) is 14.3. The van der Waals surface area contributed by atoms with E-state index in [0.717, 1.165) is 0 Å². The largest absolute Gasteiger partial charge is 0.805 e. The number of benzene rings is 1. The van der Waals surface area contributed by atoms with Crippen LogP contribution in [0, 0.1) is 10.1 Å². The maximum atomic E-state index is 12.8. The molecule has 10 heteroatoms. The number of rotatable bonds is 5. The summed E-state index contributed by atoms with van der Waals surface area (Å²) in [7, 11) is -4.06. The minimum absolute atomic E-state index is 0.0345. The van der Waals surface area contributed by atoms with Gasteiger partial charge in [-0.25, -0.2) is 13.4 Å². The van der Waals surface area contributed by atoms with Gasteiger partial charge in [-0.3, -0.25) is 4.79 Å². The van der Waals surface area contributed by atoms with Crippen LogP contribution < -0.4 is 9.74 Å². The summed E-state index contributed by atoms with van der Waals surface area (Å²) in [6.45, 7) is 1.85. The fourth-order valence-electron chi connectivity index (χ4n) is 2.67. The van der Waals surface area contributed by atoms with Crippen molar-refractivity contribution >= 4 is 26.8 Å². The molecule has 2 heterocycles. The highest BCUT2D eigenvalue weighted by Gasteiger charge is 2.32. The molecule has 0 unspecified atom stereocenters. The Bertz CT molecular complexity index is 1170. The van der Waals surface area contributed by atoms with E-state index in [0.29, 0.717) is 4.73 Å². The molecule has 0 atom stereocenters. The van der Waals surface area contributed by atoms with Crippen LogP contribution in [0.2, 0.25) is 0 Å². The van der Waals surface area contributed by atoms with Crippen LogP contribution in [0.25, 0.3) is 11.0 Å². The fraction of sp³-hybridized carbons (Fsp3) is 0.176. The van der Waals surface area contributed by atoms with Crippen molar-refractivity contribution < 1.29 is 17.6 Å². The second kappa shape index (κ2) is 7.16. The van der Waals surface area contributed by atoms with Gasteiger partial charge >= 0.3 is 11.6 Å². The first-order valence-electron chi connectivity index (χ1n) is 8.05. The maximum Gasteiger partial charge on any atom is 0.347 e. The Morgan fingerprint density at radius 3 is 2.59 bits per heavy atom. The van der Waals surface area contributed by atoms with Gasteiger partial charge in [-0.2, -0.15) is 0 Å². The zero-order valence-corrected chi connectivity index (χ0v) is 15.1. The first-order valence-corrected chi connectivity index (χ1v) is 9.70. The molecule has 0 fully saturated rings. The summed E-state index contributed by atoms with van der Waals surface area (Å²) < 4.78 is 26.0. The number of para-hydroxylation sites is 2. The molecule has 2 aromatic heterocycles. The number of hydrogen-bond acceptors (Lipinski definition) is 6. The average Bonchev–Trinajstić information content (AvgIpc) is 2.67. The minimum atomic E-state index is -4.06. The molecule has 0 spiro atoms. The van der Waals surface area contributed by atoms with Crippen LogP contribution in [0.3, 0.4) is 0 Å². The van der Waals surface area contributed by atoms with Gasteiger partial charge in [-0.1, -0.05) is 18.2 Å². The molecule has 1 amide bonds. The molecule has 0 aliphatic rings. The van der Waals surface area contributed by atoms with Crippen molar-refractivity contribution in [2.75, 3.05) is 6.54 Å². The lowest BCUT2D eigenvalue weighted by molar-refractivity contribution is -0.468. The average molecular weight is 388 g/mol. The van der Waals surface area contributed by atoms with Crippen molar-refractivity contribution in [3.05, 3.63) is 70.2 Å². The zero-order chi connectivity index (χ0) is 19.6. The number of nitrogens with zero attached hydrogens (tertiary/aromatic N) is 3. The molecule has 0 radical (unpaired) electrons. The van der Waals surface area contributed by atoms with Crippen molar-refractivity contribution in [2.24, 2.45) is 0 Å². The predicted molar refractivity (Wildman–Crippen MR) is 97.2 cm³/mol. The molecule has 1 aromatic carbocycles. The summed E-state index contributed by atoms with van der Waals surface area (Å²) in [5, 5.41) is 15.0. The fourth-order valence-corrected chi connectivity index (χ4v) is 3.94. The van der Waals surface area contributed by atoms with E-state index >= 15 is 0 Å². The first kappa shape index (κ1) is 18.5. The van der Waals surface area contributed by atoms with Gasteiger partial charge in [0.15, 0.2) is 5.03 Å². The Kier molecular flexibility index (Phi) is 4.91. The number of aromatic nitrogens is 3. The van der Waals surface area contributed by atoms with E-state index in [1.165, 1.54) is 30.5 Å². The van der Waals surface area contributed by atoms with Crippen LogP contribution in [0.5, 0.6) is 0 Å². The molecule has 3 rings (SSSR count). The van der Waals surface area contributed by atoms with E-state index < -0.39 is 32.9 Å². The van der Waals surface area contributed by atoms with E-state index in [-0.39, 0.29) is 27.0 Å². The SMILES string of the molecule is CCNC(=O)c1c(CS(=O)(=O)c2ccccn2)n([O-])c2ccccc2[n+]1=O. The number of carbonyl (C=O) groups excluding carboxylic acids is 1. The minimum Gasteiger partial charge on any atom is -0.805 e. The van der Waals surface area contributed by atoms with E-state index in [1.54, 1.807) is 25.1 Å². The van der Waals surface area contributed by atoms with Gasteiger partial charge in [0.2, 0.25) is 9.84 Å². The van der Waals surface area contributed by atoms with Crippen molar-refractivity contribution in [1.82, 2.24) is 15.0 Å². The Labute approximate surface area is 154 Å². The van der Waals surface area contributed by atoms with Gasteiger partial charge < -0.3 is 15.3 Å². The van der Waals surface area contributed by atoms with E-state index in [9.17, 15) is 23.3 Å². The van der Waals surface area contributed by atoms with Crippen LogP contribution in [0.4, 0.5) is 0 Å². The maximum absolute atomic E-state index is 12.8. The highest BCUT2D eigenvalue weighted by atomic mass is 32.2. The van der Waals surface area contributed by atoms with Crippen molar-refractivity contribution in [1.29, 1.82) is 0 Å². The number of sulfone groups is 1. The second-order valence-corrected chi connectivity index (χ2v) is 7.60. The van der Waals surface area contributed by atoms with Gasteiger partial charge in [0.05, 0.1) is 4.43 Å². The van der Waals surface area contributed by atoms with Crippen molar-refractivity contribution in [3.63, 3.8) is 0 Å². The number of nitrogens with one attached hydrogen (secondary N) is 1. The molecule has 1 N–H and O–H groups in total. The smallest absolute Gasteiger partial charge is 0.347 e. The number of pyridine rings is 1. The van der Waals surface area contributed by atoms with Crippen molar-refractivity contribution in [3.8, 4) is 0 Å². The monoisotopic (exact) mass is 388 g/mol. The third-order valence-corrected chi connectivity index (χ3v) is 5.41. The van der Waals surface area contributed by atoms with Crippen LogP contribution in [-0.4, -0.2) is 30.6 Å². The Balaban J connectivity index is 2.28. The van der Waals surface area contributed by atoms with Crippen LogP contribution in [-0.2, 0) is 15.6 Å². The third kappa shape index (κ3) is 3.38. The highest BCUT2D eigenvalue weighted by Crippen LogP contribution is 2.19. The molecular formula is C17H16N4O5S. The molecule has 0 bridgehead atoms. The molecule has 27 heavy (non-hydrogen) atoms. The molecule has 0 saturated heterocycles. The normalized spacial score (nSPS) is 11.4. The van der Waals surface area contributed by atoms with Gasteiger partial charge in [0.25, 0.3) is 5.52 Å². The van der Waals surface area contributed by atoms with Gasteiger partial charge in [0.1, 0.15) is 17.0 Å². The summed E-state index contributed by atoms with van der Waals surface area (Å²) in [5.41, 5.74) is -1.08. The number of amides is 1. The molecule has 0 aliphatic carbocycles. The topological polar surface area (TPSA) is 127 Å². The molecule has 0 aliphatic heterocycles. The summed E-state index contributed by atoms with van der Waals surface area (Å²) >= 11 is 0.